The second-order valence-electron chi connectivity index (χ2n) is 7.82. The van der Waals surface area contributed by atoms with Crippen LogP contribution in [0, 0.1) is 0 Å². The molecule has 12 heteroatoms. The predicted octanol–water partition coefficient (Wildman–Crippen LogP) is 6.35. The lowest BCUT2D eigenvalue weighted by Gasteiger charge is -2.15. The van der Waals surface area contributed by atoms with Gasteiger partial charge in [0.25, 0.3) is 0 Å². The van der Waals surface area contributed by atoms with Gasteiger partial charge in [0.2, 0.25) is 0 Å². The van der Waals surface area contributed by atoms with Crippen molar-refractivity contribution in [1.29, 1.82) is 0 Å². The van der Waals surface area contributed by atoms with Crippen LogP contribution in [-0.4, -0.2) is 42.2 Å². The number of halogens is 5. The molecule has 4 rings (SSSR count). The maximum Gasteiger partial charge on any atom is 0.573 e. The summed E-state index contributed by atoms with van der Waals surface area (Å²) < 4.78 is 67.1. The Labute approximate surface area is 214 Å². The van der Waals surface area contributed by atoms with Crippen molar-refractivity contribution < 1.29 is 31.4 Å². The minimum Gasteiger partial charge on any atom is -0.405 e. The number of hydrogen-bond acceptors (Lipinski definition) is 5. The zero-order chi connectivity index (χ0) is 26.3. The van der Waals surface area contributed by atoms with Gasteiger partial charge in [-0.1, -0.05) is 60.5 Å². The van der Waals surface area contributed by atoms with Gasteiger partial charge in [0, 0.05) is 11.1 Å². The summed E-state index contributed by atoms with van der Waals surface area (Å²) in [5, 5.41) is 10.1. The van der Waals surface area contributed by atoms with Gasteiger partial charge in [-0.05, 0) is 29.8 Å². The van der Waals surface area contributed by atoms with Crippen LogP contribution in [0.15, 0.2) is 59.5 Å². The monoisotopic (exact) mass is 558 g/mol. The van der Waals surface area contributed by atoms with E-state index in [4.69, 9.17) is 23.2 Å². The summed E-state index contributed by atoms with van der Waals surface area (Å²) in [5.41, 5.74) is 1.37. The number of benzene rings is 3. The fourth-order valence-electron chi connectivity index (χ4n) is 3.82. The first-order valence-electron chi connectivity index (χ1n) is 10.6. The lowest BCUT2D eigenvalue weighted by atomic mass is 9.99. The molecule has 1 unspecified atom stereocenters. The molecule has 0 saturated heterocycles. The average molecular weight is 559 g/mol. The number of nitrogens with one attached hydrogen (secondary N) is 1. The van der Waals surface area contributed by atoms with E-state index in [1.54, 1.807) is 19.1 Å². The van der Waals surface area contributed by atoms with Gasteiger partial charge in [-0.15, -0.1) is 13.2 Å². The highest BCUT2D eigenvalue weighted by atomic mass is 35.5. The maximum absolute atomic E-state index is 12.9. The quantitative estimate of drug-likeness (QED) is 0.275. The fourth-order valence-corrected chi connectivity index (χ4v) is 5.41. The van der Waals surface area contributed by atoms with E-state index in [1.807, 2.05) is 0 Å². The standard InChI is InChI=1S/C24H19Cl2F3N2O4S/c1-2-36(33,34)14-9-7-13(8-10-14)16(12-32)23-30-18-11-17(25)20(21(26)22(18)31-23)15-5-3-4-6-19(15)35-24(27,28)29/h3-11,16,32H,2,12H2,1H3,(H,30,31). The normalized spacial score (nSPS) is 13.2. The van der Waals surface area contributed by atoms with Crippen molar-refractivity contribution in [2.75, 3.05) is 12.4 Å². The van der Waals surface area contributed by atoms with Crippen molar-refractivity contribution in [3.05, 3.63) is 76.0 Å². The van der Waals surface area contributed by atoms with E-state index in [1.165, 1.54) is 36.4 Å². The van der Waals surface area contributed by atoms with Gasteiger partial charge >= 0.3 is 6.36 Å². The zero-order valence-corrected chi connectivity index (χ0v) is 20.9. The Kier molecular flexibility index (Phi) is 7.25. The first-order valence-corrected chi connectivity index (χ1v) is 13.0. The van der Waals surface area contributed by atoms with Gasteiger partial charge in [-0.2, -0.15) is 0 Å². The molecule has 0 radical (unpaired) electrons. The summed E-state index contributed by atoms with van der Waals surface area (Å²) in [6.07, 6.45) is -4.92. The number of imidazole rings is 1. The highest BCUT2D eigenvalue weighted by Crippen LogP contribution is 2.44. The average Bonchev–Trinajstić information content (AvgIpc) is 3.24. The second kappa shape index (κ2) is 9.93. The smallest absolute Gasteiger partial charge is 0.405 e. The summed E-state index contributed by atoms with van der Waals surface area (Å²) in [6, 6.07) is 13.0. The highest BCUT2D eigenvalue weighted by molar-refractivity contribution is 7.91. The van der Waals surface area contributed by atoms with Crippen LogP contribution in [0.3, 0.4) is 0 Å². The van der Waals surface area contributed by atoms with E-state index in [9.17, 15) is 26.7 Å². The van der Waals surface area contributed by atoms with Crippen LogP contribution in [0.25, 0.3) is 22.2 Å². The van der Waals surface area contributed by atoms with E-state index in [0.717, 1.165) is 6.07 Å². The first kappa shape index (κ1) is 26.3. The Morgan fingerprint density at radius 2 is 1.78 bits per heavy atom. The summed E-state index contributed by atoms with van der Waals surface area (Å²) >= 11 is 13.0. The van der Waals surface area contributed by atoms with E-state index in [-0.39, 0.29) is 43.9 Å². The third-order valence-corrected chi connectivity index (χ3v) is 8.02. The van der Waals surface area contributed by atoms with Crippen molar-refractivity contribution in [3.63, 3.8) is 0 Å². The van der Waals surface area contributed by atoms with Crippen molar-refractivity contribution in [2.24, 2.45) is 0 Å². The van der Waals surface area contributed by atoms with Gasteiger partial charge in [0.15, 0.2) is 9.84 Å². The molecule has 6 nitrogen and oxygen atoms in total. The number of alkyl halides is 3. The molecule has 4 aromatic rings. The molecule has 190 valence electrons. The number of aliphatic hydroxyl groups is 1. The Hall–Kier alpha value is -2.79. The molecule has 0 aliphatic rings. The Balaban J connectivity index is 1.79. The molecule has 1 aromatic heterocycles. The Bertz CT molecular complexity index is 1520. The molecule has 1 atom stereocenters. The predicted molar refractivity (Wildman–Crippen MR) is 131 cm³/mol. The lowest BCUT2D eigenvalue weighted by molar-refractivity contribution is -0.274. The minimum atomic E-state index is -4.92. The maximum atomic E-state index is 12.9. The third-order valence-electron chi connectivity index (χ3n) is 5.60. The van der Waals surface area contributed by atoms with Crippen molar-refractivity contribution in [2.45, 2.75) is 24.1 Å². The largest absolute Gasteiger partial charge is 0.573 e. The van der Waals surface area contributed by atoms with Gasteiger partial charge in [-0.25, -0.2) is 13.4 Å². The minimum absolute atomic E-state index is 0.000647. The number of aromatic amines is 1. The van der Waals surface area contributed by atoms with Crippen LogP contribution in [-0.2, 0) is 9.84 Å². The summed E-state index contributed by atoms with van der Waals surface area (Å²) in [5.74, 6) is -0.860. The Morgan fingerprint density at radius 3 is 2.39 bits per heavy atom. The zero-order valence-electron chi connectivity index (χ0n) is 18.6. The number of hydrogen-bond donors (Lipinski definition) is 2. The molecule has 0 saturated carbocycles. The number of ether oxygens (including phenoxy) is 1. The topological polar surface area (TPSA) is 92.3 Å². The van der Waals surface area contributed by atoms with Crippen molar-refractivity contribution in [3.8, 4) is 16.9 Å². The molecule has 36 heavy (non-hydrogen) atoms. The van der Waals surface area contributed by atoms with Crippen LogP contribution in [0.2, 0.25) is 10.0 Å². The molecular weight excluding hydrogens is 540 g/mol. The molecule has 2 N–H and O–H groups in total. The summed E-state index contributed by atoms with van der Waals surface area (Å²) in [4.78, 5) is 7.70. The number of nitrogens with zero attached hydrogens (tertiary/aromatic N) is 1. The van der Waals surface area contributed by atoms with E-state index < -0.39 is 27.9 Å². The van der Waals surface area contributed by atoms with E-state index in [0.29, 0.717) is 16.9 Å². The molecule has 0 aliphatic carbocycles. The van der Waals surface area contributed by atoms with Crippen LogP contribution in [0.4, 0.5) is 13.2 Å². The van der Waals surface area contributed by atoms with Crippen LogP contribution in [0.5, 0.6) is 5.75 Å². The third kappa shape index (κ3) is 5.17. The number of aliphatic hydroxyl groups excluding tert-OH is 1. The van der Waals surface area contributed by atoms with Crippen molar-refractivity contribution in [1.82, 2.24) is 9.97 Å². The molecule has 0 amide bonds. The molecule has 0 fully saturated rings. The van der Waals surface area contributed by atoms with Crippen molar-refractivity contribution >= 4 is 44.1 Å². The van der Waals surface area contributed by atoms with E-state index in [2.05, 4.69) is 14.7 Å². The fraction of sp³-hybridized carbons (Fsp3) is 0.208. The summed E-state index contributed by atoms with van der Waals surface area (Å²) in [6.45, 7) is 1.19. The number of H-pyrrole nitrogens is 1. The SMILES string of the molecule is CCS(=O)(=O)c1ccc(C(CO)c2nc3c(Cl)c(-c4ccccc4OC(F)(F)F)c(Cl)cc3[nH]2)cc1. The second-order valence-corrected chi connectivity index (χ2v) is 10.9. The van der Waals surface area contributed by atoms with E-state index >= 15 is 0 Å². The highest BCUT2D eigenvalue weighted by Gasteiger charge is 2.33. The number of aromatic nitrogens is 2. The molecule has 0 aliphatic heterocycles. The Morgan fingerprint density at radius 1 is 1.11 bits per heavy atom. The first-order chi connectivity index (χ1) is 16.9. The molecule has 0 spiro atoms. The lowest BCUT2D eigenvalue weighted by Crippen LogP contribution is -2.17. The number of para-hydroxylation sites is 1. The van der Waals surface area contributed by atoms with Crippen LogP contribution in [0.1, 0.15) is 24.2 Å². The van der Waals surface area contributed by atoms with Gasteiger partial charge in [-0.3, -0.25) is 0 Å². The number of sulfone groups is 1. The van der Waals surface area contributed by atoms with Crippen LogP contribution < -0.4 is 4.74 Å². The van der Waals surface area contributed by atoms with Gasteiger partial charge in [0.1, 0.15) is 17.1 Å². The number of fused-ring (bicyclic) bond motifs is 1. The summed E-state index contributed by atoms with van der Waals surface area (Å²) in [7, 11) is -3.39. The molecule has 3 aromatic carbocycles. The van der Waals surface area contributed by atoms with Gasteiger partial charge < -0.3 is 14.8 Å². The number of rotatable bonds is 7. The van der Waals surface area contributed by atoms with Crippen LogP contribution >= 0.6 is 23.2 Å². The van der Waals surface area contributed by atoms with Gasteiger partial charge in [0.05, 0.1) is 38.7 Å². The molecule has 0 bridgehead atoms. The molecule has 1 heterocycles. The molecular formula is C24H19Cl2F3N2O4S.